The third kappa shape index (κ3) is 3.24. The lowest BCUT2D eigenvalue weighted by molar-refractivity contribution is 0.0919. The van der Waals surface area contributed by atoms with Gasteiger partial charge in [0.05, 0.1) is 5.69 Å². The van der Waals surface area contributed by atoms with Crippen molar-refractivity contribution >= 4 is 17.4 Å². The van der Waals surface area contributed by atoms with Crippen molar-refractivity contribution < 1.29 is 4.79 Å². The van der Waals surface area contributed by atoms with Crippen molar-refractivity contribution in [2.45, 2.75) is 39.2 Å². The van der Waals surface area contributed by atoms with Crippen LogP contribution in [0.4, 0.5) is 0 Å². The Labute approximate surface area is 99.6 Å². The molecule has 0 saturated carbocycles. The summed E-state index contributed by atoms with van der Waals surface area (Å²) in [6, 6.07) is 0. The Morgan fingerprint density at radius 3 is 2.81 bits per heavy atom. The molecule has 0 spiro atoms. The van der Waals surface area contributed by atoms with Crippen LogP contribution in [-0.4, -0.2) is 27.6 Å². The van der Waals surface area contributed by atoms with Crippen LogP contribution in [0, 0.1) is 0 Å². The van der Waals surface area contributed by atoms with Gasteiger partial charge in [0.25, 0.3) is 5.91 Å². The highest BCUT2D eigenvalue weighted by Crippen LogP contribution is 2.13. The minimum Gasteiger partial charge on any atom is -0.345 e. The fourth-order valence-corrected chi connectivity index (χ4v) is 1.80. The molecule has 0 atom stereocenters. The van der Waals surface area contributed by atoms with E-state index >= 15 is 0 Å². The number of hydrogen-bond acceptors (Lipinski definition) is 5. The number of aryl methyl sites for hydroxylation is 1. The van der Waals surface area contributed by atoms with Crippen LogP contribution in [0.5, 0.6) is 0 Å². The maximum Gasteiger partial charge on any atom is 0.265 e. The maximum absolute atomic E-state index is 11.9. The van der Waals surface area contributed by atoms with Crippen molar-refractivity contribution in [3.8, 4) is 0 Å². The molecule has 5 nitrogen and oxygen atoms in total. The number of nitrogens with zero attached hydrogens (tertiary/aromatic N) is 2. The Morgan fingerprint density at radius 2 is 2.25 bits per heavy atom. The molecule has 0 aromatic carbocycles. The summed E-state index contributed by atoms with van der Waals surface area (Å²) in [5, 5.41) is 6.83. The minimum atomic E-state index is -0.398. The summed E-state index contributed by atoms with van der Waals surface area (Å²) in [6.45, 7) is 6.22. The Kier molecular flexibility index (Phi) is 4.37. The van der Waals surface area contributed by atoms with Crippen molar-refractivity contribution in [1.29, 1.82) is 0 Å². The average Bonchev–Trinajstić information content (AvgIpc) is 2.66. The van der Waals surface area contributed by atoms with E-state index in [0.717, 1.165) is 30.1 Å². The van der Waals surface area contributed by atoms with E-state index in [9.17, 15) is 4.79 Å². The minimum absolute atomic E-state index is 0.131. The van der Waals surface area contributed by atoms with E-state index in [0.29, 0.717) is 11.4 Å². The number of aromatic nitrogens is 2. The van der Waals surface area contributed by atoms with E-state index < -0.39 is 5.54 Å². The predicted molar refractivity (Wildman–Crippen MR) is 64.5 cm³/mol. The Bertz CT molecular complexity index is 361. The molecular formula is C10H18N4OS. The number of carbonyl (C=O) groups is 1. The van der Waals surface area contributed by atoms with Crippen molar-refractivity contribution in [3.63, 3.8) is 0 Å². The van der Waals surface area contributed by atoms with Gasteiger partial charge in [-0.2, -0.15) is 0 Å². The number of nitrogens with one attached hydrogen (secondary N) is 1. The summed E-state index contributed by atoms with van der Waals surface area (Å²) in [6.07, 6.45) is 1.73. The Hall–Kier alpha value is -1.01. The number of amides is 1. The quantitative estimate of drug-likeness (QED) is 0.805. The van der Waals surface area contributed by atoms with Crippen molar-refractivity contribution in [2.75, 3.05) is 6.54 Å². The molecule has 0 radical (unpaired) electrons. The first kappa shape index (κ1) is 13.1. The van der Waals surface area contributed by atoms with Gasteiger partial charge in [0.1, 0.15) is 4.88 Å². The standard InChI is InChI=1S/C10H18N4OS/c1-4-5-7-8(16-14-13-7)9(15)12-10(2,3)6-11/h4-6,11H2,1-3H3,(H,12,15). The first-order chi connectivity index (χ1) is 7.50. The summed E-state index contributed by atoms with van der Waals surface area (Å²) < 4.78 is 3.82. The van der Waals surface area contributed by atoms with E-state index in [4.69, 9.17) is 5.73 Å². The number of nitrogens with two attached hydrogens (primary N) is 1. The molecule has 1 rings (SSSR count). The highest BCUT2D eigenvalue weighted by atomic mass is 32.1. The molecule has 0 saturated heterocycles. The first-order valence-electron chi connectivity index (χ1n) is 5.34. The normalized spacial score (nSPS) is 11.5. The molecule has 0 aliphatic rings. The van der Waals surface area contributed by atoms with Crippen LogP contribution in [0.2, 0.25) is 0 Å². The molecule has 0 fully saturated rings. The summed E-state index contributed by atoms with van der Waals surface area (Å²) >= 11 is 1.13. The second-order valence-corrected chi connectivity index (χ2v) is 5.10. The zero-order valence-corrected chi connectivity index (χ0v) is 10.7. The SMILES string of the molecule is CCCc1nnsc1C(=O)NC(C)(C)CN. The van der Waals surface area contributed by atoms with Gasteiger partial charge < -0.3 is 11.1 Å². The third-order valence-corrected chi connectivity index (χ3v) is 2.98. The highest BCUT2D eigenvalue weighted by Gasteiger charge is 2.22. The van der Waals surface area contributed by atoms with Gasteiger partial charge in [0.2, 0.25) is 0 Å². The summed E-state index contributed by atoms with van der Waals surface area (Å²) in [5.74, 6) is -0.131. The van der Waals surface area contributed by atoms with Gasteiger partial charge in [-0.1, -0.05) is 17.8 Å². The molecule has 6 heteroatoms. The van der Waals surface area contributed by atoms with Crippen molar-refractivity contribution in [1.82, 2.24) is 14.9 Å². The molecule has 16 heavy (non-hydrogen) atoms. The molecule has 3 N–H and O–H groups in total. The van der Waals surface area contributed by atoms with E-state index in [1.54, 1.807) is 0 Å². The van der Waals surface area contributed by atoms with Gasteiger partial charge in [0.15, 0.2) is 0 Å². The number of rotatable bonds is 5. The zero-order valence-electron chi connectivity index (χ0n) is 9.91. The van der Waals surface area contributed by atoms with Crippen LogP contribution < -0.4 is 11.1 Å². The molecule has 0 aliphatic carbocycles. The molecule has 0 bridgehead atoms. The predicted octanol–water partition coefficient (Wildman–Crippen LogP) is 0.958. The van der Waals surface area contributed by atoms with Crippen LogP contribution in [-0.2, 0) is 6.42 Å². The zero-order chi connectivity index (χ0) is 12.2. The van der Waals surface area contributed by atoms with Crippen molar-refractivity contribution in [2.24, 2.45) is 5.73 Å². The molecule has 1 heterocycles. The van der Waals surface area contributed by atoms with E-state index in [1.165, 1.54) is 0 Å². The van der Waals surface area contributed by atoms with Gasteiger partial charge >= 0.3 is 0 Å². The van der Waals surface area contributed by atoms with E-state index in [-0.39, 0.29) is 5.91 Å². The molecule has 1 aromatic heterocycles. The largest absolute Gasteiger partial charge is 0.345 e. The second-order valence-electron chi connectivity index (χ2n) is 4.34. The van der Waals surface area contributed by atoms with Crippen LogP contribution in [0.3, 0.4) is 0 Å². The molecule has 1 amide bonds. The van der Waals surface area contributed by atoms with Gasteiger partial charge in [-0.05, 0) is 31.8 Å². The van der Waals surface area contributed by atoms with Crippen LogP contribution in [0.1, 0.15) is 42.6 Å². The maximum atomic E-state index is 11.9. The van der Waals surface area contributed by atoms with Gasteiger partial charge in [0, 0.05) is 12.1 Å². The fourth-order valence-electron chi connectivity index (χ4n) is 1.20. The molecular weight excluding hydrogens is 224 g/mol. The van der Waals surface area contributed by atoms with Gasteiger partial charge in [-0.25, -0.2) is 0 Å². The fraction of sp³-hybridized carbons (Fsp3) is 0.700. The monoisotopic (exact) mass is 242 g/mol. The number of carbonyl (C=O) groups excluding carboxylic acids is 1. The van der Waals surface area contributed by atoms with Gasteiger partial charge in [-0.15, -0.1) is 5.10 Å². The third-order valence-electron chi connectivity index (χ3n) is 2.21. The summed E-state index contributed by atoms with van der Waals surface area (Å²) in [5.41, 5.74) is 5.94. The lowest BCUT2D eigenvalue weighted by atomic mass is 10.1. The molecule has 0 unspecified atom stereocenters. The smallest absolute Gasteiger partial charge is 0.265 e. The van der Waals surface area contributed by atoms with Crippen molar-refractivity contribution in [3.05, 3.63) is 10.6 Å². The molecule has 0 aliphatic heterocycles. The molecule has 90 valence electrons. The first-order valence-corrected chi connectivity index (χ1v) is 6.11. The topological polar surface area (TPSA) is 80.9 Å². The van der Waals surface area contributed by atoms with E-state index in [1.807, 2.05) is 20.8 Å². The summed E-state index contributed by atoms with van der Waals surface area (Å²) in [7, 11) is 0. The highest BCUT2D eigenvalue weighted by molar-refractivity contribution is 7.08. The number of hydrogen-bond donors (Lipinski definition) is 2. The van der Waals surface area contributed by atoms with Crippen LogP contribution in [0.15, 0.2) is 0 Å². The Morgan fingerprint density at radius 1 is 1.56 bits per heavy atom. The van der Waals surface area contributed by atoms with Crippen LogP contribution >= 0.6 is 11.5 Å². The Balaban J connectivity index is 2.76. The lowest BCUT2D eigenvalue weighted by Crippen LogP contribution is -2.48. The van der Waals surface area contributed by atoms with Gasteiger partial charge in [-0.3, -0.25) is 4.79 Å². The van der Waals surface area contributed by atoms with Crippen LogP contribution in [0.25, 0.3) is 0 Å². The average molecular weight is 242 g/mol. The summed E-state index contributed by atoms with van der Waals surface area (Å²) in [4.78, 5) is 12.5. The van der Waals surface area contributed by atoms with E-state index in [2.05, 4.69) is 14.9 Å². The second kappa shape index (κ2) is 5.36. The lowest BCUT2D eigenvalue weighted by Gasteiger charge is -2.23. The molecule has 1 aromatic rings.